The third kappa shape index (κ3) is 3.91. The molecule has 0 saturated carbocycles. The molecular formula is C20H21N3O3. The van der Waals surface area contributed by atoms with Crippen molar-refractivity contribution in [2.24, 2.45) is 0 Å². The second-order valence-corrected chi connectivity index (χ2v) is 6.23. The molecule has 1 atom stereocenters. The summed E-state index contributed by atoms with van der Waals surface area (Å²) >= 11 is 0. The van der Waals surface area contributed by atoms with Crippen molar-refractivity contribution >= 4 is 23.5 Å². The topological polar surface area (TPSA) is 78.5 Å². The van der Waals surface area contributed by atoms with E-state index in [9.17, 15) is 14.4 Å². The molecule has 2 aromatic rings. The Morgan fingerprint density at radius 3 is 2.42 bits per heavy atom. The Bertz CT molecular complexity index is 803. The number of para-hydroxylation sites is 1. The first-order valence-corrected chi connectivity index (χ1v) is 8.65. The normalized spacial score (nSPS) is 16.5. The average molecular weight is 351 g/mol. The molecule has 1 saturated heterocycles. The van der Waals surface area contributed by atoms with Crippen LogP contribution >= 0.6 is 0 Å². The molecule has 3 rings (SSSR count). The number of benzene rings is 2. The summed E-state index contributed by atoms with van der Waals surface area (Å²) < 4.78 is 0. The van der Waals surface area contributed by atoms with E-state index in [-0.39, 0.29) is 24.4 Å². The van der Waals surface area contributed by atoms with Crippen LogP contribution in [0.15, 0.2) is 54.6 Å². The smallest absolute Gasteiger partial charge is 0.325 e. The summed E-state index contributed by atoms with van der Waals surface area (Å²) in [7, 11) is 0. The molecule has 1 unspecified atom stereocenters. The molecule has 26 heavy (non-hydrogen) atoms. The molecule has 4 amide bonds. The zero-order chi connectivity index (χ0) is 18.5. The van der Waals surface area contributed by atoms with Crippen molar-refractivity contribution in [3.8, 4) is 0 Å². The highest BCUT2D eigenvalue weighted by Gasteiger charge is 2.37. The lowest BCUT2D eigenvalue weighted by Crippen LogP contribution is -2.31. The Morgan fingerprint density at radius 1 is 1.08 bits per heavy atom. The van der Waals surface area contributed by atoms with Gasteiger partial charge in [0.2, 0.25) is 0 Å². The molecule has 134 valence electrons. The van der Waals surface area contributed by atoms with E-state index in [1.165, 1.54) is 4.90 Å². The molecule has 0 aliphatic carbocycles. The Hall–Kier alpha value is -3.15. The van der Waals surface area contributed by atoms with Crippen LogP contribution < -0.4 is 10.6 Å². The number of hydrogen-bond donors (Lipinski definition) is 2. The second kappa shape index (κ2) is 7.82. The molecule has 0 aromatic heterocycles. The molecule has 0 bridgehead atoms. The van der Waals surface area contributed by atoms with Crippen molar-refractivity contribution in [2.45, 2.75) is 32.4 Å². The summed E-state index contributed by atoms with van der Waals surface area (Å²) in [4.78, 5) is 37.7. The van der Waals surface area contributed by atoms with Gasteiger partial charge in [-0.05, 0) is 36.2 Å². The van der Waals surface area contributed by atoms with Gasteiger partial charge in [0, 0.05) is 11.3 Å². The maximum Gasteiger partial charge on any atom is 0.325 e. The van der Waals surface area contributed by atoms with E-state index in [0.717, 1.165) is 17.7 Å². The summed E-state index contributed by atoms with van der Waals surface area (Å²) in [5.74, 6) is -0.400. The van der Waals surface area contributed by atoms with Gasteiger partial charge in [-0.25, -0.2) is 4.79 Å². The second-order valence-electron chi connectivity index (χ2n) is 6.23. The van der Waals surface area contributed by atoms with Gasteiger partial charge in [-0.2, -0.15) is 0 Å². The highest BCUT2D eigenvalue weighted by molar-refractivity contribution is 6.05. The number of imide groups is 1. The maximum absolute atomic E-state index is 12.3. The molecular weight excluding hydrogens is 330 g/mol. The minimum atomic E-state index is -0.427. The first-order valence-electron chi connectivity index (χ1n) is 8.65. The molecule has 6 nitrogen and oxygen atoms in total. The van der Waals surface area contributed by atoms with E-state index >= 15 is 0 Å². The zero-order valence-electron chi connectivity index (χ0n) is 14.6. The van der Waals surface area contributed by atoms with Crippen LogP contribution in [0.25, 0.3) is 0 Å². The predicted octanol–water partition coefficient (Wildman–Crippen LogP) is 3.16. The Balaban J connectivity index is 1.63. The number of nitrogens with one attached hydrogen (secondary N) is 2. The number of nitrogens with zero attached hydrogens (tertiary/aromatic N) is 1. The molecule has 1 heterocycles. The molecule has 0 spiro atoms. The number of rotatable bonds is 6. The van der Waals surface area contributed by atoms with E-state index in [2.05, 4.69) is 10.6 Å². The van der Waals surface area contributed by atoms with Crippen LogP contribution in [-0.2, 0) is 11.3 Å². The van der Waals surface area contributed by atoms with Crippen LogP contribution in [0.4, 0.5) is 10.5 Å². The van der Waals surface area contributed by atoms with E-state index in [4.69, 9.17) is 0 Å². The van der Waals surface area contributed by atoms with Crippen LogP contribution in [-0.4, -0.2) is 28.8 Å². The quantitative estimate of drug-likeness (QED) is 0.785. The first-order chi connectivity index (χ1) is 12.6. The Labute approximate surface area is 152 Å². The number of urea groups is 1. The third-order valence-corrected chi connectivity index (χ3v) is 4.27. The minimum Gasteiger partial charge on any atom is -0.326 e. The van der Waals surface area contributed by atoms with Gasteiger partial charge >= 0.3 is 6.03 Å². The summed E-state index contributed by atoms with van der Waals surface area (Å²) in [5, 5.41) is 5.52. The summed E-state index contributed by atoms with van der Waals surface area (Å²) in [5.41, 5.74) is 2.03. The van der Waals surface area contributed by atoms with Gasteiger partial charge in [0.1, 0.15) is 6.04 Å². The first kappa shape index (κ1) is 17.7. The van der Waals surface area contributed by atoms with Crippen molar-refractivity contribution in [3.63, 3.8) is 0 Å². The lowest BCUT2D eigenvalue weighted by Gasteiger charge is -2.13. The molecule has 2 aromatic carbocycles. The molecule has 6 heteroatoms. The number of anilines is 1. The van der Waals surface area contributed by atoms with Crippen LogP contribution in [0.3, 0.4) is 0 Å². The SMILES string of the molecule is CCCC1NC(=O)N(Cc2ccc(C(=O)Nc3ccccc3)cc2)C1=O. The molecule has 2 N–H and O–H groups in total. The molecule has 1 aliphatic heterocycles. The van der Waals surface area contributed by atoms with Gasteiger partial charge < -0.3 is 10.6 Å². The zero-order valence-corrected chi connectivity index (χ0v) is 14.6. The third-order valence-electron chi connectivity index (χ3n) is 4.27. The molecule has 1 fully saturated rings. The minimum absolute atomic E-state index is 0.192. The van der Waals surface area contributed by atoms with Gasteiger partial charge in [0.05, 0.1) is 6.54 Å². The van der Waals surface area contributed by atoms with E-state index in [0.29, 0.717) is 12.0 Å². The molecule has 0 radical (unpaired) electrons. The maximum atomic E-state index is 12.3. The summed E-state index contributed by atoms with van der Waals surface area (Å²) in [6.07, 6.45) is 1.47. The number of carbonyl (C=O) groups is 3. The summed E-state index contributed by atoms with van der Waals surface area (Å²) in [6.45, 7) is 2.17. The van der Waals surface area contributed by atoms with Gasteiger partial charge in [0.15, 0.2) is 0 Å². The summed E-state index contributed by atoms with van der Waals surface area (Å²) in [6, 6.07) is 15.3. The fourth-order valence-electron chi connectivity index (χ4n) is 2.88. The molecule has 1 aliphatic rings. The lowest BCUT2D eigenvalue weighted by atomic mass is 10.1. The van der Waals surface area contributed by atoms with Gasteiger partial charge in [0.25, 0.3) is 11.8 Å². The van der Waals surface area contributed by atoms with Gasteiger partial charge in [-0.15, -0.1) is 0 Å². The van der Waals surface area contributed by atoms with Crippen molar-refractivity contribution in [2.75, 3.05) is 5.32 Å². The highest BCUT2D eigenvalue weighted by Crippen LogP contribution is 2.16. The van der Waals surface area contributed by atoms with E-state index in [1.54, 1.807) is 24.3 Å². The van der Waals surface area contributed by atoms with Crippen molar-refractivity contribution < 1.29 is 14.4 Å². The largest absolute Gasteiger partial charge is 0.326 e. The Morgan fingerprint density at radius 2 is 1.77 bits per heavy atom. The van der Waals surface area contributed by atoms with Crippen molar-refractivity contribution in [1.82, 2.24) is 10.2 Å². The monoisotopic (exact) mass is 351 g/mol. The van der Waals surface area contributed by atoms with E-state index < -0.39 is 6.04 Å². The van der Waals surface area contributed by atoms with Crippen LogP contribution in [0.5, 0.6) is 0 Å². The average Bonchev–Trinajstić information content (AvgIpc) is 2.91. The van der Waals surface area contributed by atoms with Crippen molar-refractivity contribution in [3.05, 3.63) is 65.7 Å². The Kier molecular flexibility index (Phi) is 5.31. The van der Waals surface area contributed by atoms with Crippen molar-refractivity contribution in [1.29, 1.82) is 0 Å². The van der Waals surface area contributed by atoms with E-state index in [1.807, 2.05) is 37.3 Å². The lowest BCUT2D eigenvalue weighted by molar-refractivity contribution is -0.128. The number of carbonyl (C=O) groups excluding carboxylic acids is 3. The van der Waals surface area contributed by atoms with Gasteiger partial charge in [-0.3, -0.25) is 14.5 Å². The fourth-order valence-corrected chi connectivity index (χ4v) is 2.88. The highest BCUT2D eigenvalue weighted by atomic mass is 16.2. The van der Waals surface area contributed by atoms with Crippen LogP contribution in [0.2, 0.25) is 0 Å². The predicted molar refractivity (Wildman–Crippen MR) is 98.6 cm³/mol. The van der Waals surface area contributed by atoms with Gasteiger partial charge in [-0.1, -0.05) is 43.7 Å². The number of hydrogen-bond acceptors (Lipinski definition) is 3. The number of amides is 4. The fraction of sp³-hybridized carbons (Fsp3) is 0.250. The van der Waals surface area contributed by atoms with Crippen LogP contribution in [0, 0.1) is 0 Å². The standard InChI is InChI=1S/C20H21N3O3/c1-2-6-17-19(25)23(20(26)22-17)13-14-9-11-15(12-10-14)18(24)21-16-7-4-3-5-8-16/h3-5,7-12,17H,2,6,13H2,1H3,(H,21,24)(H,22,26). The van der Waals surface area contributed by atoms with Crippen LogP contribution in [0.1, 0.15) is 35.7 Å².